The van der Waals surface area contributed by atoms with Crippen molar-refractivity contribution >= 4 is 49.3 Å². The van der Waals surface area contributed by atoms with E-state index in [2.05, 4.69) is 41.7 Å². The van der Waals surface area contributed by atoms with Crippen molar-refractivity contribution in [2.75, 3.05) is 18.0 Å². The van der Waals surface area contributed by atoms with Gasteiger partial charge in [-0.3, -0.25) is 9.59 Å². The van der Waals surface area contributed by atoms with Gasteiger partial charge in [-0.25, -0.2) is 0 Å². The molecule has 5 rings (SSSR count). The van der Waals surface area contributed by atoms with E-state index in [0.717, 1.165) is 60.0 Å². The van der Waals surface area contributed by atoms with Crippen LogP contribution in [0.5, 0.6) is 0 Å². The first-order valence-electron chi connectivity index (χ1n) is 11.9. The highest BCUT2D eigenvalue weighted by molar-refractivity contribution is 6.03. The first-order chi connectivity index (χ1) is 16.0. The van der Waals surface area contributed by atoms with Crippen LogP contribution in [0.4, 0.5) is 5.69 Å². The number of benzene rings is 3. The second-order valence-electron chi connectivity index (χ2n) is 8.76. The Bertz CT molecular complexity index is 1620. The number of anilines is 1. The quantitative estimate of drug-likeness (QED) is 0.325. The summed E-state index contributed by atoms with van der Waals surface area (Å²) >= 11 is 0. The van der Waals surface area contributed by atoms with Crippen LogP contribution in [0, 0.1) is 0 Å². The highest BCUT2D eigenvalue weighted by Gasteiger charge is 2.14. The van der Waals surface area contributed by atoms with Crippen LogP contribution in [0.2, 0.25) is 0 Å². The second kappa shape index (κ2) is 8.39. The van der Waals surface area contributed by atoms with Gasteiger partial charge in [-0.05, 0) is 61.2 Å². The van der Waals surface area contributed by atoms with Crippen LogP contribution in [0.3, 0.4) is 0 Å². The fraction of sp³-hybridized carbons (Fsp3) is 0.286. The molecule has 0 fully saturated rings. The molecule has 2 heterocycles. The Morgan fingerprint density at radius 3 is 2.00 bits per heavy atom. The van der Waals surface area contributed by atoms with Crippen molar-refractivity contribution in [1.82, 2.24) is 9.97 Å². The van der Waals surface area contributed by atoms with E-state index < -0.39 is 0 Å². The molecule has 0 radical (unpaired) electrons. The minimum Gasteiger partial charge on any atom is -0.372 e. The number of aromatic amines is 2. The molecule has 2 aromatic heterocycles. The smallest absolute Gasteiger partial charge is 0.197 e. The van der Waals surface area contributed by atoms with Crippen LogP contribution < -0.4 is 15.8 Å². The molecule has 0 unspecified atom stereocenters. The molecule has 0 saturated carbocycles. The van der Waals surface area contributed by atoms with Gasteiger partial charge in [-0.15, -0.1) is 0 Å². The number of nitrogens with one attached hydrogen (secondary N) is 2. The van der Waals surface area contributed by atoms with Gasteiger partial charge in [-0.1, -0.05) is 32.9 Å². The average molecular weight is 440 g/mol. The Hall–Kier alpha value is -3.60. The molecule has 0 aliphatic heterocycles. The second-order valence-corrected chi connectivity index (χ2v) is 8.76. The maximum Gasteiger partial charge on any atom is 0.197 e. The summed E-state index contributed by atoms with van der Waals surface area (Å²) in [5.74, 6) is 0. The van der Waals surface area contributed by atoms with E-state index in [-0.39, 0.29) is 10.9 Å². The number of pyridine rings is 2. The van der Waals surface area contributed by atoms with Gasteiger partial charge in [0.15, 0.2) is 10.9 Å². The molecule has 2 N–H and O–H groups in total. The molecule has 5 aromatic rings. The van der Waals surface area contributed by atoms with Gasteiger partial charge < -0.3 is 14.9 Å². The van der Waals surface area contributed by atoms with Gasteiger partial charge in [0.2, 0.25) is 0 Å². The standard InChI is InChI=1S/C28H29N3O2/c1-4-12-31(13-5-2)18-10-11-22-19(14-18)27(32)20-15-25-21(16-24(20)29-22)28(33)26-17(6-3)8-7-9-23(26)30-25/h7-11,14-16H,4-6,12-13H2,1-3H3,(H,29,32)(H,30,33). The fourth-order valence-electron chi connectivity index (χ4n) is 4.95. The topological polar surface area (TPSA) is 69.0 Å². The molecule has 0 aliphatic carbocycles. The van der Waals surface area contributed by atoms with Gasteiger partial charge in [0.05, 0.1) is 16.6 Å². The lowest BCUT2D eigenvalue weighted by Gasteiger charge is -2.24. The summed E-state index contributed by atoms with van der Waals surface area (Å²) in [6.07, 6.45) is 2.90. The molecule has 168 valence electrons. The summed E-state index contributed by atoms with van der Waals surface area (Å²) < 4.78 is 0. The monoisotopic (exact) mass is 439 g/mol. The SMILES string of the molecule is CCCN(CCC)c1ccc2[nH]c3cc4c(=O)c5c(CC)cccc5[nH]c4cc3c(=O)c2c1. The number of hydrogen-bond donors (Lipinski definition) is 2. The molecule has 0 aliphatic rings. The predicted molar refractivity (Wildman–Crippen MR) is 140 cm³/mol. The van der Waals surface area contributed by atoms with Gasteiger partial charge in [0, 0.05) is 45.8 Å². The molecule has 0 amide bonds. The summed E-state index contributed by atoms with van der Waals surface area (Å²) in [7, 11) is 0. The molecule has 0 spiro atoms. The zero-order chi connectivity index (χ0) is 23.1. The molecule has 3 aromatic carbocycles. The number of H-pyrrole nitrogens is 2. The Balaban J connectivity index is 1.78. The Morgan fingerprint density at radius 2 is 1.33 bits per heavy atom. The lowest BCUT2D eigenvalue weighted by molar-refractivity contribution is 0.745. The minimum absolute atomic E-state index is 0.00386. The van der Waals surface area contributed by atoms with Gasteiger partial charge >= 0.3 is 0 Å². The van der Waals surface area contributed by atoms with Gasteiger partial charge in [-0.2, -0.15) is 0 Å². The highest BCUT2D eigenvalue weighted by Crippen LogP contribution is 2.25. The number of fused-ring (bicyclic) bond motifs is 4. The zero-order valence-corrected chi connectivity index (χ0v) is 19.4. The van der Waals surface area contributed by atoms with Gasteiger partial charge in [0.25, 0.3) is 0 Å². The van der Waals surface area contributed by atoms with E-state index in [1.807, 2.05) is 42.5 Å². The van der Waals surface area contributed by atoms with E-state index in [9.17, 15) is 9.59 Å². The molecule has 0 atom stereocenters. The van der Waals surface area contributed by atoms with Crippen molar-refractivity contribution < 1.29 is 0 Å². The first kappa shape index (κ1) is 21.3. The van der Waals surface area contributed by atoms with Gasteiger partial charge in [0.1, 0.15) is 0 Å². The number of aryl methyl sites for hydroxylation is 1. The lowest BCUT2D eigenvalue weighted by atomic mass is 10.0. The van der Waals surface area contributed by atoms with Crippen molar-refractivity contribution in [1.29, 1.82) is 0 Å². The number of hydrogen-bond acceptors (Lipinski definition) is 3. The molecule has 33 heavy (non-hydrogen) atoms. The maximum absolute atomic E-state index is 13.5. The zero-order valence-electron chi connectivity index (χ0n) is 19.4. The van der Waals surface area contributed by atoms with Crippen LogP contribution in [0.15, 0.2) is 58.1 Å². The van der Waals surface area contributed by atoms with Crippen molar-refractivity contribution in [3.8, 4) is 0 Å². The van der Waals surface area contributed by atoms with Crippen molar-refractivity contribution in [3.05, 3.63) is 74.5 Å². The van der Waals surface area contributed by atoms with Crippen molar-refractivity contribution in [2.24, 2.45) is 0 Å². The highest BCUT2D eigenvalue weighted by atomic mass is 16.1. The Kier molecular flexibility index (Phi) is 5.41. The van der Waals surface area contributed by atoms with Crippen LogP contribution in [0.25, 0.3) is 43.6 Å². The predicted octanol–water partition coefficient (Wildman–Crippen LogP) is 5.86. The van der Waals surface area contributed by atoms with Crippen LogP contribution in [-0.2, 0) is 6.42 Å². The molecule has 0 bridgehead atoms. The summed E-state index contributed by atoms with van der Waals surface area (Å²) in [5.41, 5.74) is 5.05. The van der Waals surface area contributed by atoms with Crippen molar-refractivity contribution in [2.45, 2.75) is 40.0 Å². The van der Waals surface area contributed by atoms with E-state index in [1.54, 1.807) is 0 Å². The summed E-state index contributed by atoms with van der Waals surface area (Å²) in [5, 5.41) is 2.59. The first-order valence-corrected chi connectivity index (χ1v) is 11.9. The molecular weight excluding hydrogens is 410 g/mol. The van der Waals surface area contributed by atoms with Crippen LogP contribution >= 0.6 is 0 Å². The molecular formula is C28H29N3O2. The molecule has 5 heteroatoms. The Labute approximate surface area is 192 Å². The number of rotatable bonds is 6. The number of nitrogens with zero attached hydrogens (tertiary/aromatic N) is 1. The van der Waals surface area contributed by atoms with E-state index >= 15 is 0 Å². The largest absolute Gasteiger partial charge is 0.372 e. The minimum atomic E-state index is -0.0151. The van der Waals surface area contributed by atoms with E-state index in [0.29, 0.717) is 27.2 Å². The van der Waals surface area contributed by atoms with Crippen LogP contribution in [-0.4, -0.2) is 23.1 Å². The number of aromatic nitrogens is 2. The Morgan fingerprint density at radius 1 is 0.697 bits per heavy atom. The van der Waals surface area contributed by atoms with Crippen LogP contribution in [0.1, 0.15) is 39.2 Å². The summed E-state index contributed by atoms with van der Waals surface area (Å²) in [4.78, 5) is 36.1. The molecule has 0 saturated heterocycles. The maximum atomic E-state index is 13.5. The van der Waals surface area contributed by atoms with Crippen molar-refractivity contribution in [3.63, 3.8) is 0 Å². The third-order valence-corrected chi connectivity index (χ3v) is 6.54. The average Bonchev–Trinajstić information content (AvgIpc) is 2.83. The molecule has 5 nitrogen and oxygen atoms in total. The third-order valence-electron chi connectivity index (χ3n) is 6.54. The fourth-order valence-corrected chi connectivity index (χ4v) is 4.95. The van der Waals surface area contributed by atoms with E-state index in [1.165, 1.54) is 0 Å². The normalized spacial score (nSPS) is 11.7. The summed E-state index contributed by atoms with van der Waals surface area (Å²) in [6, 6.07) is 15.6. The lowest BCUT2D eigenvalue weighted by Crippen LogP contribution is -2.25. The summed E-state index contributed by atoms with van der Waals surface area (Å²) in [6.45, 7) is 8.32. The van der Waals surface area contributed by atoms with E-state index in [4.69, 9.17) is 0 Å². The third kappa shape index (κ3) is 3.48.